The van der Waals surface area contributed by atoms with Crippen molar-refractivity contribution in [1.82, 2.24) is 9.88 Å². The van der Waals surface area contributed by atoms with Crippen LogP contribution in [0.5, 0.6) is 0 Å². The molecule has 1 aromatic rings. The van der Waals surface area contributed by atoms with E-state index in [4.69, 9.17) is 9.47 Å². The van der Waals surface area contributed by atoms with Gasteiger partial charge in [0, 0.05) is 18.4 Å². The second-order valence-corrected chi connectivity index (χ2v) is 6.59. The van der Waals surface area contributed by atoms with E-state index >= 15 is 0 Å². The first-order valence-electron chi connectivity index (χ1n) is 7.62. The third-order valence-corrected chi connectivity index (χ3v) is 3.49. The van der Waals surface area contributed by atoms with E-state index in [2.05, 4.69) is 4.98 Å². The number of carbonyl (C=O) groups is 1. The molecule has 0 radical (unpaired) electrons. The Balaban J connectivity index is 1.87. The van der Waals surface area contributed by atoms with Gasteiger partial charge in [0.2, 0.25) is 0 Å². The minimum Gasteiger partial charge on any atom is -0.444 e. The number of aromatic nitrogens is 1. The normalized spacial score (nSPS) is 21.1. The zero-order valence-electron chi connectivity index (χ0n) is 13.4. The van der Waals surface area contributed by atoms with Crippen LogP contribution >= 0.6 is 0 Å². The number of rotatable bonds is 3. The van der Waals surface area contributed by atoms with Crippen molar-refractivity contribution in [2.24, 2.45) is 0 Å². The fourth-order valence-corrected chi connectivity index (χ4v) is 2.50. The van der Waals surface area contributed by atoms with Crippen molar-refractivity contribution in [2.75, 3.05) is 13.1 Å². The zero-order chi connectivity index (χ0) is 15.5. The van der Waals surface area contributed by atoms with Gasteiger partial charge in [0.05, 0.1) is 18.8 Å². The summed E-state index contributed by atoms with van der Waals surface area (Å²) in [7, 11) is 0. The van der Waals surface area contributed by atoms with E-state index in [9.17, 15) is 4.79 Å². The highest BCUT2D eigenvalue weighted by molar-refractivity contribution is 5.68. The smallest absolute Gasteiger partial charge is 0.410 e. The van der Waals surface area contributed by atoms with Gasteiger partial charge < -0.3 is 19.4 Å². The molecule has 1 saturated heterocycles. The number of ether oxygens (including phenoxy) is 2. The minimum atomic E-state index is -0.456. The van der Waals surface area contributed by atoms with Gasteiger partial charge >= 0.3 is 6.09 Å². The number of amides is 1. The van der Waals surface area contributed by atoms with Crippen LogP contribution in [0.2, 0.25) is 0 Å². The van der Waals surface area contributed by atoms with Crippen LogP contribution in [0.4, 0.5) is 4.79 Å². The largest absolute Gasteiger partial charge is 0.444 e. The first-order valence-corrected chi connectivity index (χ1v) is 7.62. The number of hydrogen-bond acceptors (Lipinski definition) is 3. The molecule has 2 rings (SSSR count). The molecule has 1 N–H and O–H groups in total. The minimum absolute atomic E-state index is 0.00332. The van der Waals surface area contributed by atoms with E-state index in [1.807, 2.05) is 46.0 Å². The molecule has 5 nitrogen and oxygen atoms in total. The Kier molecular flexibility index (Phi) is 4.93. The summed E-state index contributed by atoms with van der Waals surface area (Å²) in [5, 5.41) is 0. The van der Waals surface area contributed by atoms with Gasteiger partial charge in [-0.2, -0.15) is 0 Å². The number of aromatic amines is 1. The average molecular weight is 294 g/mol. The standard InChI is InChI=1S/C16H26N2O3/c1-12(14-8-5-9-17-14)20-13-7-6-10-18(11-13)15(19)21-16(2,3)4/h5,8-9,12-13,17H,6-7,10-11H2,1-4H3/t12-,13-/m0/s1. The van der Waals surface area contributed by atoms with Crippen LogP contribution in [0.25, 0.3) is 0 Å². The molecule has 1 amide bonds. The van der Waals surface area contributed by atoms with Crippen molar-refractivity contribution in [3.05, 3.63) is 24.0 Å². The first kappa shape index (κ1) is 15.9. The van der Waals surface area contributed by atoms with E-state index in [0.717, 1.165) is 25.1 Å². The lowest BCUT2D eigenvalue weighted by Gasteiger charge is -2.35. The van der Waals surface area contributed by atoms with Crippen molar-refractivity contribution < 1.29 is 14.3 Å². The van der Waals surface area contributed by atoms with Gasteiger partial charge in [-0.05, 0) is 52.7 Å². The lowest BCUT2D eigenvalue weighted by Crippen LogP contribution is -2.45. The molecule has 1 aromatic heterocycles. The Morgan fingerprint density at radius 3 is 2.86 bits per heavy atom. The van der Waals surface area contributed by atoms with E-state index in [1.165, 1.54) is 0 Å². The number of H-pyrrole nitrogens is 1. The molecular weight excluding hydrogens is 268 g/mol. The van der Waals surface area contributed by atoms with Crippen molar-refractivity contribution in [3.63, 3.8) is 0 Å². The molecule has 0 saturated carbocycles. The van der Waals surface area contributed by atoms with Gasteiger partial charge in [-0.3, -0.25) is 0 Å². The predicted molar refractivity (Wildman–Crippen MR) is 81.1 cm³/mol. The second-order valence-electron chi connectivity index (χ2n) is 6.59. The molecule has 2 atom stereocenters. The van der Waals surface area contributed by atoms with Gasteiger partial charge in [-0.25, -0.2) is 4.79 Å². The molecule has 2 heterocycles. The summed E-state index contributed by atoms with van der Waals surface area (Å²) in [5.74, 6) is 0. The fourth-order valence-electron chi connectivity index (χ4n) is 2.50. The number of carbonyl (C=O) groups excluding carboxylic acids is 1. The highest BCUT2D eigenvalue weighted by atomic mass is 16.6. The molecule has 1 fully saturated rings. The molecule has 1 aliphatic heterocycles. The lowest BCUT2D eigenvalue weighted by molar-refractivity contribution is -0.0495. The van der Waals surface area contributed by atoms with Crippen molar-refractivity contribution in [1.29, 1.82) is 0 Å². The Morgan fingerprint density at radius 1 is 1.48 bits per heavy atom. The molecule has 1 aliphatic rings. The van der Waals surface area contributed by atoms with Gasteiger partial charge in [-0.15, -0.1) is 0 Å². The molecule has 0 spiro atoms. The summed E-state index contributed by atoms with van der Waals surface area (Å²) in [4.78, 5) is 17.0. The predicted octanol–water partition coefficient (Wildman–Crippen LogP) is 3.49. The van der Waals surface area contributed by atoms with E-state index in [0.29, 0.717) is 6.54 Å². The van der Waals surface area contributed by atoms with Crippen molar-refractivity contribution in [2.45, 2.75) is 58.3 Å². The Bertz CT molecular complexity index is 451. The van der Waals surface area contributed by atoms with Gasteiger partial charge in [0.1, 0.15) is 5.60 Å². The van der Waals surface area contributed by atoms with E-state index in [-0.39, 0.29) is 18.3 Å². The number of hydrogen-bond donors (Lipinski definition) is 1. The highest BCUT2D eigenvalue weighted by Crippen LogP contribution is 2.23. The van der Waals surface area contributed by atoms with Crippen LogP contribution in [-0.2, 0) is 9.47 Å². The first-order chi connectivity index (χ1) is 9.85. The summed E-state index contributed by atoms with van der Waals surface area (Å²) >= 11 is 0. The molecule has 21 heavy (non-hydrogen) atoms. The third-order valence-electron chi connectivity index (χ3n) is 3.49. The van der Waals surface area contributed by atoms with E-state index < -0.39 is 5.60 Å². The quantitative estimate of drug-likeness (QED) is 0.928. The third kappa shape index (κ3) is 4.77. The van der Waals surface area contributed by atoms with Crippen LogP contribution in [0.3, 0.4) is 0 Å². The van der Waals surface area contributed by atoms with Gasteiger partial charge in [0.25, 0.3) is 0 Å². The number of nitrogens with zero attached hydrogens (tertiary/aromatic N) is 1. The maximum atomic E-state index is 12.1. The molecule has 0 bridgehead atoms. The molecule has 0 unspecified atom stereocenters. The SMILES string of the molecule is C[C@H](O[C@H]1CCCN(C(=O)OC(C)(C)C)C1)c1ccc[nH]1. The van der Waals surface area contributed by atoms with Crippen LogP contribution in [0.1, 0.15) is 52.3 Å². The topological polar surface area (TPSA) is 54.6 Å². The lowest BCUT2D eigenvalue weighted by atomic mass is 10.1. The maximum Gasteiger partial charge on any atom is 0.410 e. The van der Waals surface area contributed by atoms with Gasteiger partial charge in [0.15, 0.2) is 0 Å². The van der Waals surface area contributed by atoms with Crippen molar-refractivity contribution >= 4 is 6.09 Å². The van der Waals surface area contributed by atoms with E-state index in [1.54, 1.807) is 4.90 Å². The van der Waals surface area contributed by atoms with Crippen LogP contribution in [-0.4, -0.2) is 40.8 Å². The Labute approximate surface area is 126 Å². The Hall–Kier alpha value is -1.49. The molecule has 118 valence electrons. The number of piperidine rings is 1. The summed E-state index contributed by atoms with van der Waals surface area (Å²) in [5.41, 5.74) is 0.604. The fraction of sp³-hybridized carbons (Fsp3) is 0.688. The number of likely N-dealkylation sites (tertiary alicyclic amines) is 1. The maximum absolute atomic E-state index is 12.1. The average Bonchev–Trinajstić information content (AvgIpc) is 2.91. The molecule has 0 aliphatic carbocycles. The van der Waals surface area contributed by atoms with Crippen LogP contribution in [0.15, 0.2) is 18.3 Å². The summed E-state index contributed by atoms with van der Waals surface area (Å²) in [6.07, 6.45) is 3.63. The summed E-state index contributed by atoms with van der Waals surface area (Å²) < 4.78 is 11.5. The van der Waals surface area contributed by atoms with Crippen LogP contribution < -0.4 is 0 Å². The van der Waals surface area contributed by atoms with Crippen molar-refractivity contribution in [3.8, 4) is 0 Å². The molecular formula is C16H26N2O3. The summed E-state index contributed by atoms with van der Waals surface area (Å²) in [6.45, 7) is 9.02. The Morgan fingerprint density at radius 2 is 2.24 bits per heavy atom. The molecule has 5 heteroatoms. The monoisotopic (exact) mass is 294 g/mol. The molecule has 0 aromatic carbocycles. The summed E-state index contributed by atoms with van der Waals surface area (Å²) in [6, 6.07) is 3.97. The highest BCUT2D eigenvalue weighted by Gasteiger charge is 2.29. The second kappa shape index (κ2) is 6.52. The van der Waals surface area contributed by atoms with Gasteiger partial charge in [-0.1, -0.05) is 0 Å². The zero-order valence-corrected chi connectivity index (χ0v) is 13.4. The number of nitrogens with one attached hydrogen (secondary N) is 1. The van der Waals surface area contributed by atoms with Crippen LogP contribution in [0, 0.1) is 0 Å².